The number of nitrogens with one attached hydrogen (secondary N) is 2. The van der Waals surface area contributed by atoms with Crippen LogP contribution < -0.4 is 10.6 Å². The molecule has 0 saturated heterocycles. The molecule has 1 saturated carbocycles. The van der Waals surface area contributed by atoms with Crippen molar-refractivity contribution in [3.8, 4) is 0 Å². The van der Waals surface area contributed by atoms with Crippen molar-refractivity contribution >= 4 is 38.8 Å². The summed E-state index contributed by atoms with van der Waals surface area (Å²) in [5, 5.41) is 30.3. The maximum atomic E-state index is 12.9. The minimum Gasteiger partial charge on any atom is -0.396 e. The van der Waals surface area contributed by atoms with Crippen molar-refractivity contribution in [3.63, 3.8) is 0 Å². The van der Waals surface area contributed by atoms with Crippen LogP contribution in [0.4, 0.5) is 10.3 Å². The van der Waals surface area contributed by atoms with Gasteiger partial charge in [-0.2, -0.15) is 0 Å². The van der Waals surface area contributed by atoms with Crippen molar-refractivity contribution < 1.29 is 15.0 Å². The van der Waals surface area contributed by atoms with E-state index in [-0.39, 0.29) is 29.8 Å². The molecule has 2 aromatic heterocycles. The molecule has 2 aliphatic rings. The average molecular weight is 437 g/mol. The van der Waals surface area contributed by atoms with Gasteiger partial charge in [0.05, 0.1) is 18.4 Å². The van der Waals surface area contributed by atoms with E-state index in [9.17, 15) is 15.0 Å². The summed E-state index contributed by atoms with van der Waals surface area (Å²) < 4.78 is 0. The molecule has 9 heteroatoms. The zero-order valence-corrected chi connectivity index (χ0v) is 18.6. The third-order valence-corrected chi connectivity index (χ3v) is 8.98. The lowest BCUT2D eigenvalue weighted by Gasteiger charge is -2.58. The van der Waals surface area contributed by atoms with Gasteiger partial charge in [0.1, 0.15) is 0 Å². The van der Waals surface area contributed by atoms with Crippen LogP contribution in [-0.4, -0.2) is 45.8 Å². The molecule has 0 aliphatic heterocycles. The van der Waals surface area contributed by atoms with E-state index in [0.717, 1.165) is 28.5 Å². The summed E-state index contributed by atoms with van der Waals surface area (Å²) in [5.74, 6) is -0.0828. The maximum absolute atomic E-state index is 12.9. The first-order valence-electron chi connectivity index (χ1n) is 9.97. The molecule has 158 valence electrons. The number of aliphatic hydroxyl groups is 2. The van der Waals surface area contributed by atoms with E-state index in [4.69, 9.17) is 4.98 Å². The van der Waals surface area contributed by atoms with Gasteiger partial charge in [0.25, 0.3) is 0 Å². The Morgan fingerprint density at radius 3 is 2.83 bits per heavy atom. The minimum atomic E-state index is -0.599. The molecule has 4 rings (SSSR count). The number of nitrogens with zero attached hydrogens (tertiary/aromatic N) is 2. The lowest BCUT2D eigenvalue weighted by molar-refractivity contribution is -0.143. The molecule has 0 bridgehead atoms. The monoisotopic (exact) mass is 436 g/mol. The summed E-state index contributed by atoms with van der Waals surface area (Å²) in [5.41, 5.74) is 0.158. The number of carbonyl (C=O) groups excluding carboxylic acids is 1. The number of amides is 1. The number of fused-ring (bicyclic) bond motifs is 2. The number of carbonyl (C=O) groups is 1. The predicted molar refractivity (Wildman–Crippen MR) is 115 cm³/mol. The van der Waals surface area contributed by atoms with E-state index in [0.29, 0.717) is 18.0 Å². The number of anilines is 2. The second-order valence-electron chi connectivity index (χ2n) is 8.70. The van der Waals surface area contributed by atoms with Crippen molar-refractivity contribution in [3.05, 3.63) is 22.1 Å². The molecule has 4 N–H and O–H groups in total. The maximum Gasteiger partial charge on any atom is 0.226 e. The molecule has 5 atom stereocenters. The van der Waals surface area contributed by atoms with E-state index in [1.807, 2.05) is 19.4 Å². The number of thiazole rings is 2. The molecule has 1 amide bonds. The molecule has 7 nitrogen and oxygen atoms in total. The highest BCUT2D eigenvalue weighted by atomic mass is 32.1. The Labute approximate surface area is 178 Å². The van der Waals surface area contributed by atoms with Crippen LogP contribution in [0.5, 0.6) is 0 Å². The van der Waals surface area contributed by atoms with Gasteiger partial charge in [0.15, 0.2) is 10.3 Å². The normalized spacial score (nSPS) is 33.6. The standard InChI is InChI=1S/C20H28N4O3S2/c1-19-5-4-14(26)20(2,10-25)13(19)9-12-16(24-17(21-3)29-12)11(19)8-15(27)23-18-22-6-7-28-18/h6-7,11,13-14,25-26H,4-5,8-10H2,1-3H3,(H,21,24)(H,22,23,27). The zero-order valence-electron chi connectivity index (χ0n) is 16.9. The molecule has 1 fully saturated rings. The van der Waals surface area contributed by atoms with Gasteiger partial charge in [-0.1, -0.05) is 13.8 Å². The van der Waals surface area contributed by atoms with E-state index in [2.05, 4.69) is 22.5 Å². The Bertz CT molecular complexity index is 886. The SMILES string of the molecule is CNc1nc2c(s1)CC1C(C)(CO)C(O)CCC1(C)C2CC(=O)Nc1nccs1. The van der Waals surface area contributed by atoms with Gasteiger partial charge in [-0.25, -0.2) is 9.97 Å². The Kier molecular flexibility index (Phi) is 5.43. The fraction of sp³-hybridized carbons (Fsp3) is 0.650. The molecule has 0 radical (unpaired) electrons. The molecule has 2 aromatic rings. The van der Waals surface area contributed by atoms with Crippen molar-refractivity contribution in [1.29, 1.82) is 0 Å². The number of hydrogen-bond donors (Lipinski definition) is 4. The summed E-state index contributed by atoms with van der Waals surface area (Å²) in [6.45, 7) is 4.12. The first kappa shape index (κ1) is 20.7. The summed E-state index contributed by atoms with van der Waals surface area (Å²) >= 11 is 3.01. The smallest absolute Gasteiger partial charge is 0.226 e. The molecule has 0 aromatic carbocycles. The molecule has 5 unspecified atom stereocenters. The third-order valence-electron chi connectivity index (χ3n) is 7.18. The van der Waals surface area contributed by atoms with Crippen LogP contribution >= 0.6 is 22.7 Å². The average Bonchev–Trinajstić information content (AvgIpc) is 3.36. The zero-order chi connectivity index (χ0) is 20.8. The van der Waals surface area contributed by atoms with E-state index in [1.165, 1.54) is 11.3 Å². The van der Waals surface area contributed by atoms with Crippen molar-refractivity contribution in [1.82, 2.24) is 9.97 Å². The summed E-state index contributed by atoms with van der Waals surface area (Å²) in [7, 11) is 1.85. The molecule has 0 spiro atoms. The Morgan fingerprint density at radius 2 is 2.17 bits per heavy atom. The minimum absolute atomic E-state index is 0.0686. The first-order chi connectivity index (χ1) is 13.8. The van der Waals surface area contributed by atoms with Gasteiger partial charge in [-0.15, -0.1) is 22.7 Å². The topological polar surface area (TPSA) is 107 Å². The molecular formula is C20H28N4O3S2. The molecule has 2 aliphatic carbocycles. The third kappa shape index (κ3) is 3.37. The highest BCUT2D eigenvalue weighted by Crippen LogP contribution is 2.62. The molecular weight excluding hydrogens is 408 g/mol. The van der Waals surface area contributed by atoms with Crippen LogP contribution in [0.1, 0.15) is 49.6 Å². The number of aromatic nitrogens is 2. The summed E-state index contributed by atoms with van der Waals surface area (Å²) in [4.78, 5) is 23.0. The summed E-state index contributed by atoms with van der Waals surface area (Å²) in [6, 6.07) is 0. The van der Waals surface area contributed by atoms with Crippen LogP contribution in [0, 0.1) is 16.7 Å². The van der Waals surface area contributed by atoms with Gasteiger partial charge in [0, 0.05) is 41.3 Å². The lowest BCUT2D eigenvalue weighted by atomic mass is 9.47. The van der Waals surface area contributed by atoms with E-state index >= 15 is 0 Å². The Morgan fingerprint density at radius 1 is 1.38 bits per heavy atom. The van der Waals surface area contributed by atoms with Crippen LogP contribution in [0.15, 0.2) is 11.6 Å². The van der Waals surface area contributed by atoms with Gasteiger partial charge in [0.2, 0.25) is 5.91 Å². The highest BCUT2D eigenvalue weighted by molar-refractivity contribution is 7.15. The lowest BCUT2D eigenvalue weighted by Crippen LogP contribution is -2.57. The second kappa shape index (κ2) is 7.61. The van der Waals surface area contributed by atoms with Crippen LogP contribution in [0.2, 0.25) is 0 Å². The number of hydrogen-bond acceptors (Lipinski definition) is 8. The van der Waals surface area contributed by atoms with Crippen molar-refractivity contribution in [2.24, 2.45) is 16.7 Å². The van der Waals surface area contributed by atoms with Gasteiger partial charge >= 0.3 is 0 Å². The van der Waals surface area contributed by atoms with Crippen LogP contribution in [0.25, 0.3) is 0 Å². The molecule has 2 heterocycles. The number of aliphatic hydroxyl groups excluding tert-OH is 2. The Hall–Kier alpha value is -1.55. The quantitative estimate of drug-likeness (QED) is 0.574. The van der Waals surface area contributed by atoms with E-state index in [1.54, 1.807) is 17.5 Å². The second-order valence-corrected chi connectivity index (χ2v) is 10.7. The number of rotatable bonds is 5. The summed E-state index contributed by atoms with van der Waals surface area (Å²) in [6.07, 6.45) is 3.62. The van der Waals surface area contributed by atoms with E-state index < -0.39 is 11.5 Å². The van der Waals surface area contributed by atoms with Gasteiger partial charge < -0.3 is 20.8 Å². The van der Waals surface area contributed by atoms with Gasteiger partial charge in [-0.05, 0) is 30.6 Å². The van der Waals surface area contributed by atoms with Crippen molar-refractivity contribution in [2.75, 3.05) is 24.3 Å². The fourth-order valence-electron chi connectivity index (χ4n) is 5.39. The van der Waals surface area contributed by atoms with Crippen LogP contribution in [-0.2, 0) is 11.2 Å². The predicted octanol–water partition coefficient (Wildman–Crippen LogP) is 3.09. The molecule has 29 heavy (non-hydrogen) atoms. The fourth-order valence-corrected chi connectivity index (χ4v) is 6.96. The Balaban J connectivity index is 1.72. The van der Waals surface area contributed by atoms with Crippen LogP contribution in [0.3, 0.4) is 0 Å². The largest absolute Gasteiger partial charge is 0.396 e. The van der Waals surface area contributed by atoms with Crippen molar-refractivity contribution in [2.45, 2.75) is 51.6 Å². The van der Waals surface area contributed by atoms with Gasteiger partial charge in [-0.3, -0.25) is 4.79 Å². The highest BCUT2D eigenvalue weighted by Gasteiger charge is 2.59. The first-order valence-corrected chi connectivity index (χ1v) is 11.7.